The Morgan fingerprint density at radius 1 is 1.18 bits per heavy atom. The molecule has 1 aromatic carbocycles. The summed E-state index contributed by atoms with van der Waals surface area (Å²) in [6, 6.07) is 8.15. The highest BCUT2D eigenvalue weighted by molar-refractivity contribution is 5.88. The van der Waals surface area contributed by atoms with E-state index in [0.717, 1.165) is 69.5 Å². The van der Waals surface area contributed by atoms with Crippen LogP contribution in [0, 0.1) is 0 Å². The number of carbonyl (C=O) groups excluding carboxylic acids is 1. The number of aryl methyl sites for hydroxylation is 1. The summed E-state index contributed by atoms with van der Waals surface area (Å²) in [6.07, 6.45) is 10.1. The van der Waals surface area contributed by atoms with Crippen molar-refractivity contribution in [2.24, 2.45) is 0 Å². The third kappa shape index (κ3) is 3.31. The van der Waals surface area contributed by atoms with Gasteiger partial charge in [0.2, 0.25) is 5.91 Å². The Kier molecular flexibility index (Phi) is 5.42. The molecule has 5 nitrogen and oxygen atoms in total. The van der Waals surface area contributed by atoms with Gasteiger partial charge in [0.1, 0.15) is 11.6 Å². The normalized spacial score (nSPS) is 19.7. The number of nitrogens with zero attached hydrogens (tertiary/aromatic N) is 3. The van der Waals surface area contributed by atoms with Crippen LogP contribution < -0.4 is 4.74 Å². The Bertz CT molecular complexity index is 798. The molecule has 1 amide bonds. The number of hydrogen-bond acceptors (Lipinski definition) is 3. The molecule has 0 N–H and O–H groups in total. The molecule has 0 atom stereocenters. The topological polar surface area (TPSA) is 47.4 Å². The maximum atomic E-state index is 13.7. The second kappa shape index (κ2) is 7.98. The number of ether oxygens (including phenoxy) is 1. The first-order valence-corrected chi connectivity index (χ1v) is 10.6. The minimum atomic E-state index is -0.346. The molecule has 150 valence electrons. The molecular weight excluding hydrogens is 350 g/mol. The molecule has 5 heteroatoms. The first-order valence-electron chi connectivity index (χ1n) is 10.6. The quantitative estimate of drug-likeness (QED) is 0.782. The van der Waals surface area contributed by atoms with Crippen molar-refractivity contribution in [1.29, 1.82) is 0 Å². The van der Waals surface area contributed by atoms with Gasteiger partial charge in [0.25, 0.3) is 0 Å². The number of amides is 1. The monoisotopic (exact) mass is 381 g/mol. The molecule has 1 aliphatic carbocycles. The van der Waals surface area contributed by atoms with Crippen LogP contribution in [0.25, 0.3) is 0 Å². The smallest absolute Gasteiger partial charge is 0.233 e. The number of aromatic nitrogens is 2. The average molecular weight is 382 g/mol. The van der Waals surface area contributed by atoms with Crippen molar-refractivity contribution < 1.29 is 9.53 Å². The number of carbonyl (C=O) groups is 1. The van der Waals surface area contributed by atoms with Gasteiger partial charge in [-0.15, -0.1) is 0 Å². The summed E-state index contributed by atoms with van der Waals surface area (Å²) in [5, 5.41) is 0. The Morgan fingerprint density at radius 2 is 1.86 bits per heavy atom. The number of rotatable bonds is 5. The van der Waals surface area contributed by atoms with E-state index in [1.807, 2.05) is 18.3 Å². The van der Waals surface area contributed by atoms with Crippen LogP contribution in [0.5, 0.6) is 5.75 Å². The van der Waals surface area contributed by atoms with E-state index in [-0.39, 0.29) is 5.41 Å². The van der Waals surface area contributed by atoms with Crippen molar-refractivity contribution in [3.63, 3.8) is 0 Å². The molecule has 2 heterocycles. The lowest BCUT2D eigenvalue weighted by molar-refractivity contribution is -0.138. The third-order valence-electron chi connectivity index (χ3n) is 6.74. The van der Waals surface area contributed by atoms with Gasteiger partial charge in [-0.2, -0.15) is 0 Å². The number of imidazole rings is 1. The molecule has 2 aromatic rings. The molecule has 4 rings (SSSR count). The fraction of sp³-hybridized carbons (Fsp3) is 0.565. The van der Waals surface area contributed by atoms with Crippen LogP contribution in [0.15, 0.2) is 36.7 Å². The minimum Gasteiger partial charge on any atom is -0.497 e. The lowest BCUT2D eigenvalue weighted by Gasteiger charge is -2.38. The maximum absolute atomic E-state index is 13.7. The molecule has 0 radical (unpaired) electrons. The fourth-order valence-corrected chi connectivity index (χ4v) is 5.11. The second-order valence-electron chi connectivity index (χ2n) is 8.16. The molecule has 1 aliphatic heterocycles. The average Bonchev–Trinajstić information content (AvgIpc) is 3.43. The fourth-order valence-electron chi connectivity index (χ4n) is 5.11. The van der Waals surface area contributed by atoms with Crippen molar-refractivity contribution in [2.45, 2.75) is 63.3 Å². The summed E-state index contributed by atoms with van der Waals surface area (Å²) < 4.78 is 7.54. The van der Waals surface area contributed by atoms with Gasteiger partial charge in [0, 0.05) is 37.9 Å². The lowest BCUT2D eigenvalue weighted by Crippen LogP contribution is -2.48. The predicted octanol–water partition coefficient (Wildman–Crippen LogP) is 4.13. The van der Waals surface area contributed by atoms with Crippen molar-refractivity contribution in [1.82, 2.24) is 14.5 Å². The molecule has 1 saturated carbocycles. The summed E-state index contributed by atoms with van der Waals surface area (Å²) in [5.74, 6) is 2.81. The van der Waals surface area contributed by atoms with E-state index in [9.17, 15) is 4.79 Å². The van der Waals surface area contributed by atoms with Crippen LogP contribution in [-0.2, 0) is 16.8 Å². The summed E-state index contributed by atoms with van der Waals surface area (Å²) in [7, 11) is 1.68. The van der Waals surface area contributed by atoms with E-state index in [0.29, 0.717) is 11.8 Å². The van der Waals surface area contributed by atoms with Crippen LogP contribution in [-0.4, -0.2) is 40.6 Å². The number of benzene rings is 1. The number of likely N-dealkylation sites (tertiary alicyclic amines) is 1. The third-order valence-corrected chi connectivity index (χ3v) is 6.74. The highest BCUT2D eigenvalue weighted by Crippen LogP contribution is 2.44. The highest BCUT2D eigenvalue weighted by atomic mass is 16.5. The number of piperidine rings is 1. The van der Waals surface area contributed by atoms with Crippen LogP contribution in [0.3, 0.4) is 0 Å². The maximum Gasteiger partial charge on any atom is 0.233 e. The molecular formula is C23H31N3O2. The van der Waals surface area contributed by atoms with E-state index in [4.69, 9.17) is 4.74 Å². The minimum absolute atomic E-state index is 0.326. The summed E-state index contributed by atoms with van der Waals surface area (Å²) >= 11 is 0. The molecule has 0 spiro atoms. The Hall–Kier alpha value is -2.30. The standard InChI is InChI=1S/C23H31N3O2/c1-3-25-17-14-24-21(25)18-10-15-26(16-11-18)22(27)23(12-4-5-13-23)19-6-8-20(28-2)9-7-19/h6-9,14,17-18H,3-5,10-13,15-16H2,1-2H3. The molecule has 2 aliphatic rings. The van der Waals surface area contributed by atoms with E-state index in [1.54, 1.807) is 7.11 Å². The van der Waals surface area contributed by atoms with E-state index < -0.39 is 0 Å². The van der Waals surface area contributed by atoms with Gasteiger partial charge in [-0.1, -0.05) is 25.0 Å². The van der Waals surface area contributed by atoms with Crippen LogP contribution in [0.2, 0.25) is 0 Å². The molecule has 0 unspecified atom stereocenters. The van der Waals surface area contributed by atoms with Gasteiger partial charge in [0.15, 0.2) is 0 Å². The van der Waals surface area contributed by atoms with Crippen molar-refractivity contribution in [2.75, 3.05) is 20.2 Å². The molecule has 2 fully saturated rings. The zero-order valence-electron chi connectivity index (χ0n) is 17.1. The summed E-state index contributed by atoms with van der Waals surface area (Å²) in [4.78, 5) is 20.4. The lowest BCUT2D eigenvalue weighted by atomic mass is 9.77. The predicted molar refractivity (Wildman–Crippen MR) is 110 cm³/mol. The van der Waals surface area contributed by atoms with Gasteiger partial charge < -0.3 is 14.2 Å². The van der Waals surface area contributed by atoms with Crippen molar-refractivity contribution in [3.8, 4) is 5.75 Å². The largest absolute Gasteiger partial charge is 0.497 e. The summed E-state index contributed by atoms with van der Waals surface area (Å²) in [5.41, 5.74) is 0.806. The second-order valence-corrected chi connectivity index (χ2v) is 8.16. The Morgan fingerprint density at radius 3 is 2.46 bits per heavy atom. The van der Waals surface area contributed by atoms with Crippen molar-refractivity contribution >= 4 is 5.91 Å². The van der Waals surface area contributed by atoms with Gasteiger partial charge in [-0.25, -0.2) is 4.98 Å². The van der Waals surface area contributed by atoms with Gasteiger partial charge in [-0.05, 0) is 50.3 Å². The van der Waals surface area contributed by atoms with E-state index in [1.165, 1.54) is 5.82 Å². The van der Waals surface area contributed by atoms with Crippen molar-refractivity contribution in [3.05, 3.63) is 48.0 Å². The SMILES string of the molecule is CCn1ccnc1C1CCN(C(=O)C2(c3ccc(OC)cc3)CCCC2)CC1. The number of hydrogen-bond donors (Lipinski definition) is 0. The van der Waals surface area contributed by atoms with E-state index in [2.05, 4.69) is 39.7 Å². The molecule has 28 heavy (non-hydrogen) atoms. The number of methoxy groups -OCH3 is 1. The van der Waals surface area contributed by atoms with Gasteiger partial charge >= 0.3 is 0 Å². The Balaban J connectivity index is 1.49. The zero-order chi connectivity index (χ0) is 19.6. The van der Waals surface area contributed by atoms with E-state index >= 15 is 0 Å². The van der Waals surface area contributed by atoms with Gasteiger partial charge in [0.05, 0.1) is 12.5 Å². The van der Waals surface area contributed by atoms with Gasteiger partial charge in [-0.3, -0.25) is 4.79 Å². The van der Waals surface area contributed by atoms with Crippen LogP contribution >= 0.6 is 0 Å². The highest BCUT2D eigenvalue weighted by Gasteiger charge is 2.45. The molecule has 1 saturated heterocycles. The first kappa shape index (κ1) is 19.0. The van der Waals surface area contributed by atoms with Crippen LogP contribution in [0.1, 0.15) is 62.8 Å². The summed E-state index contributed by atoms with van der Waals surface area (Å²) in [6.45, 7) is 4.77. The Labute approximate surface area is 167 Å². The van der Waals surface area contributed by atoms with Crippen LogP contribution in [0.4, 0.5) is 0 Å². The zero-order valence-corrected chi connectivity index (χ0v) is 17.1. The first-order chi connectivity index (χ1) is 13.7. The molecule has 1 aromatic heterocycles. The molecule has 0 bridgehead atoms.